The van der Waals surface area contributed by atoms with Gasteiger partial charge in [-0.05, 0) is 45.7 Å². The lowest BCUT2D eigenvalue weighted by Gasteiger charge is -2.11. The molecule has 3 aromatic rings. The Kier molecular flexibility index (Phi) is 4.57. The lowest BCUT2D eigenvalue weighted by Crippen LogP contribution is -2.08. The second-order valence-corrected chi connectivity index (χ2v) is 6.89. The van der Waals surface area contributed by atoms with E-state index in [1.807, 2.05) is 26.1 Å². The van der Waals surface area contributed by atoms with E-state index in [9.17, 15) is 0 Å². The highest BCUT2D eigenvalue weighted by atomic mass is 15.5. The first kappa shape index (κ1) is 17.1. The molecule has 0 fully saturated rings. The van der Waals surface area contributed by atoms with Crippen molar-refractivity contribution in [2.45, 2.75) is 48.1 Å². The van der Waals surface area contributed by atoms with Gasteiger partial charge in [-0.3, -0.25) is 0 Å². The lowest BCUT2D eigenvalue weighted by molar-refractivity contribution is 0.509. The number of nitrogens with zero attached hydrogens (tertiary/aromatic N) is 7. The fourth-order valence-electron chi connectivity index (χ4n) is 3.01. The molecule has 3 rings (SSSR count). The molecular formula is C18H25N7. The van der Waals surface area contributed by atoms with Crippen LogP contribution in [-0.4, -0.2) is 35.4 Å². The van der Waals surface area contributed by atoms with Crippen LogP contribution in [0.25, 0.3) is 5.95 Å². The van der Waals surface area contributed by atoms with Crippen molar-refractivity contribution >= 4 is 6.21 Å². The Bertz CT molecular complexity index is 908. The minimum absolute atomic E-state index is 0.581. The third-order valence-electron chi connectivity index (χ3n) is 4.19. The minimum atomic E-state index is 0.581. The van der Waals surface area contributed by atoms with Gasteiger partial charge in [-0.2, -0.15) is 14.9 Å². The lowest BCUT2D eigenvalue weighted by atomic mass is 10.2. The highest BCUT2D eigenvalue weighted by Gasteiger charge is 2.12. The van der Waals surface area contributed by atoms with Gasteiger partial charge in [-0.15, -0.1) is 10.2 Å². The Hall–Kier alpha value is -2.70. The largest absolute Gasteiger partial charge is 0.348 e. The van der Waals surface area contributed by atoms with Crippen LogP contribution in [0.3, 0.4) is 0 Å². The van der Waals surface area contributed by atoms with Crippen LogP contribution in [0.4, 0.5) is 0 Å². The van der Waals surface area contributed by atoms with Gasteiger partial charge in [0, 0.05) is 29.2 Å². The molecule has 0 aliphatic rings. The molecule has 0 atom stereocenters. The molecule has 0 aliphatic heterocycles. The van der Waals surface area contributed by atoms with E-state index in [2.05, 4.69) is 58.7 Å². The Morgan fingerprint density at radius 3 is 2.52 bits per heavy atom. The first-order valence-corrected chi connectivity index (χ1v) is 8.51. The van der Waals surface area contributed by atoms with Gasteiger partial charge >= 0.3 is 0 Å². The standard InChI is InChI=1S/C18H25N7/c1-12(2)10-23-14(4)8-17(16(23)6)9-20-24-11-19-21-18(24)25-15(5)7-13(3)22-25/h7-9,11-12H,10H2,1-6H3/b20-9-. The summed E-state index contributed by atoms with van der Waals surface area (Å²) in [6.45, 7) is 13.7. The van der Waals surface area contributed by atoms with Crippen molar-refractivity contribution < 1.29 is 0 Å². The SMILES string of the molecule is Cc1cc(C)n(-c2nncn2/N=C\c2cc(C)n(CC(C)C)c2C)n1. The normalized spacial score (nSPS) is 12.0. The molecule has 7 nitrogen and oxygen atoms in total. The first-order chi connectivity index (χ1) is 11.9. The van der Waals surface area contributed by atoms with Gasteiger partial charge in [0.25, 0.3) is 5.95 Å². The summed E-state index contributed by atoms with van der Waals surface area (Å²) in [5, 5.41) is 17.1. The van der Waals surface area contributed by atoms with E-state index in [1.54, 1.807) is 15.7 Å². The van der Waals surface area contributed by atoms with Crippen LogP contribution in [0, 0.1) is 33.6 Å². The van der Waals surface area contributed by atoms with Gasteiger partial charge in [0.2, 0.25) is 0 Å². The molecule has 0 amide bonds. The molecule has 3 aromatic heterocycles. The summed E-state index contributed by atoms with van der Waals surface area (Å²) in [5.74, 6) is 1.18. The summed E-state index contributed by atoms with van der Waals surface area (Å²) in [7, 11) is 0. The van der Waals surface area contributed by atoms with Crippen LogP contribution in [0.1, 0.15) is 42.2 Å². The number of aryl methyl sites for hydroxylation is 3. The maximum absolute atomic E-state index is 4.55. The van der Waals surface area contributed by atoms with E-state index in [0.29, 0.717) is 11.9 Å². The van der Waals surface area contributed by atoms with E-state index in [0.717, 1.165) is 23.5 Å². The van der Waals surface area contributed by atoms with E-state index in [1.165, 1.54) is 11.4 Å². The van der Waals surface area contributed by atoms with Crippen LogP contribution in [0.15, 0.2) is 23.6 Å². The van der Waals surface area contributed by atoms with E-state index >= 15 is 0 Å². The van der Waals surface area contributed by atoms with Gasteiger partial charge < -0.3 is 4.57 Å². The number of hydrogen-bond donors (Lipinski definition) is 0. The maximum atomic E-state index is 4.55. The molecule has 3 heterocycles. The molecule has 7 heteroatoms. The molecule has 0 unspecified atom stereocenters. The first-order valence-electron chi connectivity index (χ1n) is 8.51. The topological polar surface area (TPSA) is 65.8 Å². The summed E-state index contributed by atoms with van der Waals surface area (Å²) >= 11 is 0. The predicted octanol–water partition coefficient (Wildman–Crippen LogP) is 3.04. The summed E-state index contributed by atoms with van der Waals surface area (Å²) in [6, 6.07) is 4.16. The third kappa shape index (κ3) is 3.40. The van der Waals surface area contributed by atoms with Crippen LogP contribution >= 0.6 is 0 Å². The number of aromatic nitrogens is 6. The van der Waals surface area contributed by atoms with E-state index in [4.69, 9.17) is 0 Å². The summed E-state index contributed by atoms with van der Waals surface area (Å²) in [5.41, 5.74) is 5.50. The van der Waals surface area contributed by atoms with Crippen LogP contribution < -0.4 is 0 Å². The zero-order valence-corrected chi connectivity index (χ0v) is 15.7. The van der Waals surface area contributed by atoms with Crippen LogP contribution in [-0.2, 0) is 6.54 Å². The Balaban J connectivity index is 1.92. The fraction of sp³-hybridized carbons (Fsp3) is 0.444. The van der Waals surface area contributed by atoms with E-state index in [-0.39, 0.29) is 0 Å². The van der Waals surface area contributed by atoms with Gasteiger partial charge in [0.15, 0.2) is 0 Å². The van der Waals surface area contributed by atoms with E-state index < -0.39 is 0 Å². The highest BCUT2D eigenvalue weighted by Crippen LogP contribution is 2.16. The van der Waals surface area contributed by atoms with Crippen molar-refractivity contribution in [3.63, 3.8) is 0 Å². The van der Waals surface area contributed by atoms with Gasteiger partial charge in [0.05, 0.1) is 11.9 Å². The zero-order chi connectivity index (χ0) is 18.1. The Morgan fingerprint density at radius 2 is 1.88 bits per heavy atom. The molecule has 0 radical (unpaired) electrons. The smallest absolute Gasteiger partial charge is 0.273 e. The molecule has 0 aliphatic carbocycles. The van der Waals surface area contributed by atoms with Crippen LogP contribution in [0.2, 0.25) is 0 Å². The average Bonchev–Trinajstić information content (AvgIpc) is 3.19. The van der Waals surface area contributed by atoms with Gasteiger partial charge in [0.1, 0.15) is 6.33 Å². The molecule has 0 bridgehead atoms. The fourth-order valence-corrected chi connectivity index (χ4v) is 3.01. The average molecular weight is 339 g/mol. The van der Waals surface area contributed by atoms with Crippen molar-refractivity contribution in [3.05, 3.63) is 46.8 Å². The maximum Gasteiger partial charge on any atom is 0.273 e. The molecule has 0 saturated heterocycles. The Labute approximate surface area is 148 Å². The van der Waals surface area contributed by atoms with Crippen molar-refractivity contribution in [1.82, 2.24) is 29.2 Å². The van der Waals surface area contributed by atoms with Crippen LogP contribution in [0.5, 0.6) is 0 Å². The molecule has 0 N–H and O–H groups in total. The second-order valence-electron chi connectivity index (χ2n) is 6.89. The summed E-state index contributed by atoms with van der Waals surface area (Å²) in [6.07, 6.45) is 3.45. The van der Waals surface area contributed by atoms with Crippen molar-refractivity contribution in [3.8, 4) is 5.95 Å². The van der Waals surface area contributed by atoms with Crippen molar-refractivity contribution in [1.29, 1.82) is 0 Å². The highest BCUT2D eigenvalue weighted by molar-refractivity contribution is 5.81. The molecule has 25 heavy (non-hydrogen) atoms. The molecule has 0 aromatic carbocycles. The summed E-state index contributed by atoms with van der Waals surface area (Å²) < 4.78 is 5.73. The summed E-state index contributed by atoms with van der Waals surface area (Å²) in [4.78, 5) is 0. The molecule has 132 valence electrons. The third-order valence-corrected chi connectivity index (χ3v) is 4.19. The number of rotatable bonds is 5. The number of hydrogen-bond acceptors (Lipinski definition) is 4. The monoisotopic (exact) mass is 339 g/mol. The Morgan fingerprint density at radius 1 is 1.12 bits per heavy atom. The van der Waals surface area contributed by atoms with Gasteiger partial charge in [-0.25, -0.2) is 4.68 Å². The van der Waals surface area contributed by atoms with Gasteiger partial charge in [-0.1, -0.05) is 13.8 Å². The molecule has 0 spiro atoms. The quantitative estimate of drug-likeness (QED) is 0.671. The zero-order valence-electron chi connectivity index (χ0n) is 15.7. The second kappa shape index (κ2) is 6.66. The molecular weight excluding hydrogens is 314 g/mol. The van der Waals surface area contributed by atoms with Crippen molar-refractivity contribution in [2.75, 3.05) is 0 Å². The predicted molar refractivity (Wildman–Crippen MR) is 98.4 cm³/mol. The minimum Gasteiger partial charge on any atom is -0.348 e. The van der Waals surface area contributed by atoms with Crippen molar-refractivity contribution in [2.24, 2.45) is 11.0 Å². The molecule has 0 saturated carbocycles.